The maximum absolute atomic E-state index is 10.3. The molecule has 2 N–H and O–H groups in total. The molecular formula is C10H9Cl2N2O2. The maximum Gasteiger partial charge on any atom is 0.225 e. The Balaban J connectivity index is 2.47. The molecule has 0 heterocycles. The Hall–Kier alpha value is -1.26. The lowest BCUT2D eigenvalue weighted by molar-refractivity contribution is -0.115. The van der Waals surface area contributed by atoms with Crippen molar-refractivity contribution in [1.82, 2.24) is 0 Å². The first-order valence-corrected chi connectivity index (χ1v) is 5.08. The molecule has 0 bridgehead atoms. The third-order valence-corrected chi connectivity index (χ3v) is 2.15. The van der Waals surface area contributed by atoms with Gasteiger partial charge in [-0.2, -0.15) is 0 Å². The van der Waals surface area contributed by atoms with Crippen molar-refractivity contribution in [3.63, 3.8) is 0 Å². The van der Waals surface area contributed by atoms with Crippen LogP contribution in [0.2, 0.25) is 10.0 Å². The van der Waals surface area contributed by atoms with Gasteiger partial charge in [-0.05, 0) is 12.1 Å². The summed E-state index contributed by atoms with van der Waals surface area (Å²) < 4.78 is 0. The summed E-state index contributed by atoms with van der Waals surface area (Å²) in [6, 6.07) is 4.99. The highest BCUT2D eigenvalue weighted by molar-refractivity contribution is 6.36. The lowest BCUT2D eigenvalue weighted by Gasteiger charge is -1.98. The van der Waals surface area contributed by atoms with Gasteiger partial charge in [0.2, 0.25) is 5.91 Å². The van der Waals surface area contributed by atoms with Crippen LogP contribution in [0.3, 0.4) is 0 Å². The molecule has 0 aromatic heterocycles. The summed E-state index contributed by atoms with van der Waals surface area (Å²) in [6.45, 7) is 0.0248. The van der Waals surface area contributed by atoms with E-state index in [-0.39, 0.29) is 6.61 Å². The summed E-state index contributed by atoms with van der Waals surface area (Å²) in [6.07, 6.45) is 2.59. The number of hydrogen-bond acceptors (Lipinski definition) is 3. The number of oxime groups is 1. The first-order valence-electron chi connectivity index (χ1n) is 4.32. The van der Waals surface area contributed by atoms with E-state index in [1.807, 2.05) is 0 Å². The molecule has 16 heavy (non-hydrogen) atoms. The van der Waals surface area contributed by atoms with Crippen LogP contribution < -0.4 is 5.73 Å². The summed E-state index contributed by atoms with van der Waals surface area (Å²) in [5.74, 6) is -0.556. The van der Waals surface area contributed by atoms with Crippen LogP contribution in [0.4, 0.5) is 0 Å². The Bertz CT molecular complexity index is 408. The molecular weight excluding hydrogens is 251 g/mol. The van der Waals surface area contributed by atoms with Gasteiger partial charge < -0.3 is 10.6 Å². The molecule has 0 aliphatic rings. The predicted octanol–water partition coefficient (Wildman–Crippen LogP) is 2.03. The van der Waals surface area contributed by atoms with Crippen LogP contribution in [0.25, 0.3) is 0 Å². The molecule has 0 fully saturated rings. The van der Waals surface area contributed by atoms with Crippen molar-refractivity contribution in [2.24, 2.45) is 10.9 Å². The fourth-order valence-corrected chi connectivity index (χ4v) is 1.32. The van der Waals surface area contributed by atoms with Gasteiger partial charge in [0.15, 0.2) is 0 Å². The van der Waals surface area contributed by atoms with E-state index in [0.29, 0.717) is 15.6 Å². The highest BCUT2D eigenvalue weighted by atomic mass is 35.5. The fourth-order valence-electron chi connectivity index (χ4n) is 0.863. The monoisotopic (exact) mass is 259 g/mol. The van der Waals surface area contributed by atoms with Crippen LogP contribution in [0.5, 0.6) is 0 Å². The number of nitrogens with two attached hydrogens (primary N) is 1. The van der Waals surface area contributed by atoms with Crippen LogP contribution >= 0.6 is 23.2 Å². The second kappa shape index (κ2) is 6.35. The highest BCUT2D eigenvalue weighted by Crippen LogP contribution is 2.19. The van der Waals surface area contributed by atoms with Crippen LogP contribution in [0.1, 0.15) is 5.56 Å². The topological polar surface area (TPSA) is 64.7 Å². The summed E-state index contributed by atoms with van der Waals surface area (Å²) in [7, 11) is 0. The molecule has 85 valence electrons. The van der Waals surface area contributed by atoms with Crippen LogP contribution in [-0.2, 0) is 9.63 Å². The van der Waals surface area contributed by atoms with Crippen LogP contribution in [0, 0.1) is 6.42 Å². The summed E-state index contributed by atoms with van der Waals surface area (Å²) in [5.41, 5.74) is 5.54. The van der Waals surface area contributed by atoms with Gasteiger partial charge in [0, 0.05) is 10.6 Å². The third kappa shape index (κ3) is 4.51. The van der Waals surface area contributed by atoms with E-state index in [9.17, 15) is 4.79 Å². The molecule has 6 heteroatoms. The first kappa shape index (κ1) is 12.8. The standard InChI is InChI=1S/C10H9Cl2N2O2/c11-8-2-1-7(9(12)5-8)6-14-16-4-3-10(13)15/h1-3,5-6H,4H2,(H2,13,15)/b14-6+. The van der Waals surface area contributed by atoms with Crippen molar-refractivity contribution in [3.8, 4) is 0 Å². The highest BCUT2D eigenvalue weighted by Gasteiger charge is 1.98. The number of hydrogen-bond donors (Lipinski definition) is 1. The van der Waals surface area contributed by atoms with E-state index in [1.165, 1.54) is 12.6 Å². The zero-order valence-electron chi connectivity index (χ0n) is 8.19. The van der Waals surface area contributed by atoms with Gasteiger partial charge >= 0.3 is 0 Å². The number of rotatable bonds is 5. The first-order chi connectivity index (χ1) is 7.59. The second-order valence-corrected chi connectivity index (χ2v) is 3.65. The van der Waals surface area contributed by atoms with E-state index in [2.05, 4.69) is 5.16 Å². The number of nitrogens with zero attached hydrogens (tertiary/aromatic N) is 1. The van der Waals surface area contributed by atoms with Gasteiger partial charge in [-0.25, -0.2) is 0 Å². The average Bonchev–Trinajstić information content (AvgIpc) is 2.20. The summed E-state index contributed by atoms with van der Waals surface area (Å²) in [4.78, 5) is 15.1. The van der Waals surface area contributed by atoms with E-state index >= 15 is 0 Å². The molecule has 1 amide bonds. The number of carbonyl (C=O) groups is 1. The summed E-state index contributed by atoms with van der Waals surface area (Å²) >= 11 is 11.6. The predicted molar refractivity (Wildman–Crippen MR) is 63.5 cm³/mol. The number of halogens is 2. The van der Waals surface area contributed by atoms with Crippen LogP contribution in [0.15, 0.2) is 23.4 Å². The Morgan fingerprint density at radius 1 is 1.50 bits per heavy atom. The lowest BCUT2D eigenvalue weighted by atomic mass is 10.2. The van der Waals surface area contributed by atoms with Crippen LogP contribution in [-0.4, -0.2) is 18.7 Å². The normalized spacial score (nSPS) is 10.6. The van der Waals surface area contributed by atoms with Crippen molar-refractivity contribution in [2.45, 2.75) is 0 Å². The quantitative estimate of drug-likeness (QED) is 0.500. The largest absolute Gasteiger partial charge is 0.395 e. The van der Waals surface area contributed by atoms with Crippen molar-refractivity contribution < 1.29 is 9.63 Å². The smallest absolute Gasteiger partial charge is 0.225 e. The van der Waals surface area contributed by atoms with Gasteiger partial charge in [-0.3, -0.25) is 4.79 Å². The molecule has 0 atom stereocenters. The number of carbonyl (C=O) groups excluding carboxylic acids is 1. The Kier molecular flexibility index (Phi) is 5.08. The molecule has 0 saturated carbocycles. The number of benzene rings is 1. The minimum atomic E-state index is -0.556. The fraction of sp³-hybridized carbons (Fsp3) is 0.100. The molecule has 4 nitrogen and oxygen atoms in total. The zero-order chi connectivity index (χ0) is 12.0. The Labute approximate surface area is 103 Å². The number of amides is 1. The molecule has 1 aromatic rings. The van der Waals surface area contributed by atoms with Gasteiger partial charge in [0.25, 0.3) is 0 Å². The van der Waals surface area contributed by atoms with E-state index in [4.69, 9.17) is 33.8 Å². The van der Waals surface area contributed by atoms with Crippen molar-refractivity contribution in [3.05, 3.63) is 40.2 Å². The van der Waals surface area contributed by atoms with Gasteiger partial charge in [0.05, 0.1) is 17.7 Å². The van der Waals surface area contributed by atoms with Gasteiger partial charge in [-0.1, -0.05) is 34.4 Å². The molecule has 0 aliphatic heterocycles. The molecule has 1 aromatic carbocycles. The molecule has 1 radical (unpaired) electrons. The lowest BCUT2D eigenvalue weighted by Crippen LogP contribution is -2.13. The van der Waals surface area contributed by atoms with Crippen molar-refractivity contribution in [2.75, 3.05) is 6.61 Å². The van der Waals surface area contributed by atoms with Crippen molar-refractivity contribution >= 4 is 35.3 Å². The van der Waals surface area contributed by atoms with Crippen molar-refractivity contribution in [1.29, 1.82) is 0 Å². The van der Waals surface area contributed by atoms with E-state index in [0.717, 1.165) is 0 Å². The minimum Gasteiger partial charge on any atom is -0.395 e. The third-order valence-electron chi connectivity index (χ3n) is 1.59. The zero-order valence-corrected chi connectivity index (χ0v) is 9.70. The molecule has 0 spiro atoms. The average molecular weight is 260 g/mol. The van der Waals surface area contributed by atoms with Gasteiger partial charge in [-0.15, -0.1) is 0 Å². The Morgan fingerprint density at radius 2 is 2.25 bits per heavy atom. The number of primary amides is 1. The molecule has 0 unspecified atom stereocenters. The molecule has 1 rings (SSSR count). The summed E-state index contributed by atoms with van der Waals surface area (Å²) in [5, 5.41) is 4.63. The molecule has 0 saturated heterocycles. The van der Waals surface area contributed by atoms with E-state index < -0.39 is 5.91 Å². The second-order valence-electron chi connectivity index (χ2n) is 2.80. The minimum absolute atomic E-state index is 0.0248. The SMILES string of the molecule is NC(=O)[CH]CO/N=C/c1ccc(Cl)cc1Cl. The van der Waals surface area contributed by atoms with Gasteiger partial charge in [0.1, 0.15) is 6.61 Å². The maximum atomic E-state index is 10.3. The Morgan fingerprint density at radius 3 is 2.88 bits per heavy atom. The molecule has 0 aliphatic carbocycles. The van der Waals surface area contributed by atoms with E-state index in [1.54, 1.807) is 18.2 Å².